The van der Waals surface area contributed by atoms with E-state index < -0.39 is 0 Å². The first kappa shape index (κ1) is 12.6. The zero-order chi connectivity index (χ0) is 13.0. The van der Waals surface area contributed by atoms with Crippen molar-refractivity contribution >= 4 is 5.69 Å². The van der Waals surface area contributed by atoms with Gasteiger partial charge in [-0.3, -0.25) is 0 Å². The predicted octanol–water partition coefficient (Wildman–Crippen LogP) is 3.39. The molecule has 3 nitrogen and oxygen atoms in total. The first-order valence-electron chi connectivity index (χ1n) is 6.14. The molecule has 0 bridgehead atoms. The molecule has 2 rings (SSSR count). The fourth-order valence-corrected chi connectivity index (χ4v) is 1.71. The molecule has 0 aliphatic rings. The van der Waals surface area contributed by atoms with Crippen LogP contribution in [0, 0.1) is 0 Å². The zero-order valence-electron chi connectivity index (χ0n) is 11.1. The number of nitrogens with zero attached hydrogens (tertiary/aromatic N) is 2. The Labute approximate surface area is 108 Å². The monoisotopic (exact) mass is 241 g/mol. The molecule has 0 aliphatic heterocycles. The minimum absolute atomic E-state index is 0.200. The fourth-order valence-electron chi connectivity index (χ4n) is 1.71. The van der Waals surface area contributed by atoms with Crippen LogP contribution in [-0.4, -0.2) is 9.97 Å². The molecule has 1 aromatic carbocycles. The van der Waals surface area contributed by atoms with Gasteiger partial charge in [0.2, 0.25) is 0 Å². The van der Waals surface area contributed by atoms with Crippen molar-refractivity contribution in [2.45, 2.75) is 32.7 Å². The summed E-state index contributed by atoms with van der Waals surface area (Å²) in [6.07, 6.45) is 5.19. The van der Waals surface area contributed by atoms with Crippen LogP contribution in [0.2, 0.25) is 0 Å². The van der Waals surface area contributed by atoms with E-state index in [-0.39, 0.29) is 5.41 Å². The summed E-state index contributed by atoms with van der Waals surface area (Å²) in [5.41, 5.74) is 3.74. The van der Waals surface area contributed by atoms with E-state index in [9.17, 15) is 0 Å². The van der Waals surface area contributed by atoms with Gasteiger partial charge in [0.05, 0.1) is 0 Å². The molecule has 1 N–H and O–H groups in total. The van der Waals surface area contributed by atoms with E-state index >= 15 is 0 Å². The molecule has 2 aromatic rings. The Bertz CT molecular complexity index is 483. The van der Waals surface area contributed by atoms with Crippen LogP contribution in [0.3, 0.4) is 0 Å². The summed E-state index contributed by atoms with van der Waals surface area (Å²) in [6.45, 7) is 7.40. The van der Waals surface area contributed by atoms with Crippen molar-refractivity contribution in [3.8, 4) is 0 Å². The lowest BCUT2D eigenvalue weighted by molar-refractivity contribution is 0.590. The van der Waals surface area contributed by atoms with Crippen molar-refractivity contribution < 1.29 is 0 Å². The lowest BCUT2D eigenvalue weighted by Crippen LogP contribution is -2.10. The van der Waals surface area contributed by atoms with Gasteiger partial charge in [-0.05, 0) is 23.1 Å². The molecule has 0 spiro atoms. The van der Waals surface area contributed by atoms with E-state index in [0.717, 1.165) is 17.8 Å². The second kappa shape index (κ2) is 5.17. The number of nitrogens with one attached hydrogen (secondary N) is 1. The number of rotatable bonds is 3. The molecule has 0 atom stereocenters. The maximum absolute atomic E-state index is 3.99. The largest absolute Gasteiger partial charge is 0.381 e. The van der Waals surface area contributed by atoms with E-state index in [1.54, 1.807) is 6.33 Å². The average molecular weight is 241 g/mol. The second-order valence-corrected chi connectivity index (χ2v) is 5.43. The molecule has 0 saturated heterocycles. The summed E-state index contributed by atoms with van der Waals surface area (Å²) in [4.78, 5) is 7.98. The molecule has 94 valence electrons. The molecule has 0 fully saturated rings. The number of hydrogen-bond acceptors (Lipinski definition) is 3. The highest BCUT2D eigenvalue weighted by Crippen LogP contribution is 2.23. The summed E-state index contributed by atoms with van der Waals surface area (Å²) in [6, 6.07) is 8.57. The van der Waals surface area contributed by atoms with Crippen LogP contribution in [0.4, 0.5) is 5.69 Å². The van der Waals surface area contributed by atoms with Gasteiger partial charge in [-0.2, -0.15) is 0 Å². The van der Waals surface area contributed by atoms with E-state index in [0.29, 0.717) is 0 Å². The highest BCUT2D eigenvalue weighted by Gasteiger charge is 2.12. The zero-order valence-corrected chi connectivity index (χ0v) is 11.1. The fraction of sp³-hybridized carbons (Fsp3) is 0.333. The molecule has 0 unspecified atom stereocenters. The summed E-state index contributed by atoms with van der Waals surface area (Å²) in [5, 5.41) is 3.36. The van der Waals surface area contributed by atoms with Gasteiger partial charge in [0, 0.05) is 30.2 Å². The molecule has 18 heavy (non-hydrogen) atoms. The van der Waals surface area contributed by atoms with Gasteiger partial charge in [0.1, 0.15) is 6.33 Å². The SMILES string of the molecule is CC(C)(C)c1ccc(NCc2cncnc2)cc1. The maximum Gasteiger partial charge on any atom is 0.115 e. The highest BCUT2D eigenvalue weighted by molar-refractivity contribution is 5.46. The quantitative estimate of drug-likeness (QED) is 0.895. The topological polar surface area (TPSA) is 37.8 Å². The van der Waals surface area contributed by atoms with Gasteiger partial charge in [0.15, 0.2) is 0 Å². The lowest BCUT2D eigenvalue weighted by atomic mass is 9.87. The van der Waals surface area contributed by atoms with Crippen LogP contribution in [0.25, 0.3) is 0 Å². The molecule has 1 heterocycles. The Balaban J connectivity index is 1.99. The molecule has 0 amide bonds. The molecular formula is C15H19N3. The summed E-state index contributed by atoms with van der Waals surface area (Å²) in [5.74, 6) is 0. The lowest BCUT2D eigenvalue weighted by Gasteiger charge is -2.19. The van der Waals surface area contributed by atoms with Crippen LogP contribution >= 0.6 is 0 Å². The average Bonchev–Trinajstić information content (AvgIpc) is 2.37. The van der Waals surface area contributed by atoms with E-state index in [1.807, 2.05) is 12.4 Å². The molecule has 1 aromatic heterocycles. The summed E-state index contributed by atoms with van der Waals surface area (Å²) in [7, 11) is 0. The first-order chi connectivity index (χ1) is 8.55. The Kier molecular flexibility index (Phi) is 3.60. The third-order valence-corrected chi connectivity index (χ3v) is 2.86. The van der Waals surface area contributed by atoms with E-state index in [4.69, 9.17) is 0 Å². The molecular weight excluding hydrogens is 222 g/mol. The van der Waals surface area contributed by atoms with Crippen molar-refractivity contribution in [3.63, 3.8) is 0 Å². The smallest absolute Gasteiger partial charge is 0.115 e. The molecule has 3 heteroatoms. The Morgan fingerprint density at radius 2 is 1.61 bits per heavy atom. The van der Waals surface area contributed by atoms with Crippen molar-refractivity contribution in [2.75, 3.05) is 5.32 Å². The predicted molar refractivity (Wildman–Crippen MR) is 74.5 cm³/mol. The van der Waals surface area contributed by atoms with Gasteiger partial charge in [-0.15, -0.1) is 0 Å². The highest BCUT2D eigenvalue weighted by atomic mass is 14.9. The van der Waals surface area contributed by atoms with Gasteiger partial charge in [-0.25, -0.2) is 9.97 Å². The maximum atomic E-state index is 3.99. The minimum Gasteiger partial charge on any atom is -0.381 e. The van der Waals surface area contributed by atoms with E-state index in [1.165, 1.54) is 5.56 Å². The van der Waals surface area contributed by atoms with Crippen LogP contribution in [0.15, 0.2) is 43.0 Å². The Morgan fingerprint density at radius 1 is 1.00 bits per heavy atom. The van der Waals surface area contributed by atoms with Crippen molar-refractivity contribution in [1.29, 1.82) is 0 Å². The van der Waals surface area contributed by atoms with E-state index in [2.05, 4.69) is 60.3 Å². The van der Waals surface area contributed by atoms with Crippen LogP contribution in [0.5, 0.6) is 0 Å². The van der Waals surface area contributed by atoms with Gasteiger partial charge < -0.3 is 5.32 Å². The molecule has 0 aliphatic carbocycles. The minimum atomic E-state index is 0.200. The number of benzene rings is 1. The first-order valence-corrected chi connectivity index (χ1v) is 6.14. The third-order valence-electron chi connectivity index (χ3n) is 2.86. The number of hydrogen-bond donors (Lipinski definition) is 1. The number of anilines is 1. The molecule has 0 radical (unpaired) electrons. The van der Waals surface area contributed by atoms with Gasteiger partial charge >= 0.3 is 0 Å². The van der Waals surface area contributed by atoms with Crippen molar-refractivity contribution in [3.05, 3.63) is 54.1 Å². The van der Waals surface area contributed by atoms with Crippen molar-refractivity contribution in [1.82, 2.24) is 9.97 Å². The molecule has 0 saturated carbocycles. The van der Waals surface area contributed by atoms with Gasteiger partial charge in [0.25, 0.3) is 0 Å². The second-order valence-electron chi connectivity index (χ2n) is 5.43. The van der Waals surface area contributed by atoms with Gasteiger partial charge in [-0.1, -0.05) is 32.9 Å². The Morgan fingerprint density at radius 3 is 2.17 bits per heavy atom. The normalized spacial score (nSPS) is 11.3. The van der Waals surface area contributed by atoms with Crippen LogP contribution in [-0.2, 0) is 12.0 Å². The third kappa shape index (κ3) is 3.29. The number of aromatic nitrogens is 2. The summed E-state index contributed by atoms with van der Waals surface area (Å²) >= 11 is 0. The summed E-state index contributed by atoms with van der Waals surface area (Å²) < 4.78 is 0. The Hall–Kier alpha value is -1.90. The van der Waals surface area contributed by atoms with Crippen LogP contribution in [0.1, 0.15) is 31.9 Å². The van der Waals surface area contributed by atoms with Crippen molar-refractivity contribution in [2.24, 2.45) is 0 Å². The standard InChI is InChI=1S/C15H19N3/c1-15(2,3)13-4-6-14(7-5-13)18-10-12-8-16-11-17-9-12/h4-9,11,18H,10H2,1-3H3. The van der Waals surface area contributed by atoms with Crippen LogP contribution < -0.4 is 5.32 Å².